The maximum atomic E-state index is 11.8. The molecule has 2 atom stereocenters. The molecule has 0 amide bonds. The maximum Gasteiger partial charge on any atom is 0.215 e. The van der Waals surface area contributed by atoms with Crippen molar-refractivity contribution in [3.8, 4) is 0 Å². The molecule has 0 aromatic carbocycles. The van der Waals surface area contributed by atoms with Crippen LogP contribution in [0, 0.1) is 11.8 Å². The van der Waals surface area contributed by atoms with Gasteiger partial charge in [0.05, 0.1) is 5.75 Å². The van der Waals surface area contributed by atoms with Crippen molar-refractivity contribution in [2.24, 2.45) is 11.8 Å². The fourth-order valence-electron chi connectivity index (χ4n) is 1.76. The van der Waals surface area contributed by atoms with Crippen LogP contribution in [0.25, 0.3) is 0 Å². The lowest BCUT2D eigenvalue weighted by Gasteiger charge is -2.17. The molecule has 96 valence electrons. The zero-order chi connectivity index (χ0) is 12.2. The van der Waals surface area contributed by atoms with Crippen LogP contribution >= 0.6 is 0 Å². The molecule has 5 heteroatoms. The van der Waals surface area contributed by atoms with Gasteiger partial charge in [0.2, 0.25) is 10.0 Å². The first-order chi connectivity index (χ1) is 7.47. The first-order valence-electron chi connectivity index (χ1n) is 6.12. The third-order valence-corrected chi connectivity index (χ3v) is 5.03. The van der Waals surface area contributed by atoms with Gasteiger partial charge in [-0.25, -0.2) is 12.7 Å². The topological polar surface area (TPSA) is 49.4 Å². The quantitative estimate of drug-likeness (QED) is 0.649. The molecular weight excluding hydrogens is 224 g/mol. The van der Waals surface area contributed by atoms with E-state index in [-0.39, 0.29) is 5.75 Å². The van der Waals surface area contributed by atoms with Crippen LogP contribution in [-0.2, 0) is 10.0 Å². The van der Waals surface area contributed by atoms with Crippen LogP contribution in [-0.4, -0.2) is 45.2 Å². The van der Waals surface area contributed by atoms with Crippen LogP contribution < -0.4 is 5.32 Å². The van der Waals surface area contributed by atoms with Gasteiger partial charge in [0.15, 0.2) is 0 Å². The van der Waals surface area contributed by atoms with Crippen molar-refractivity contribution in [3.05, 3.63) is 0 Å². The van der Waals surface area contributed by atoms with E-state index >= 15 is 0 Å². The third-order valence-electron chi connectivity index (χ3n) is 3.21. The SMILES string of the molecule is CCCNCCS(=O)(=O)N(C)CC1CC1C. The molecule has 1 fully saturated rings. The van der Waals surface area contributed by atoms with Gasteiger partial charge >= 0.3 is 0 Å². The monoisotopic (exact) mass is 248 g/mol. The molecule has 0 bridgehead atoms. The molecule has 0 aromatic rings. The Hall–Kier alpha value is -0.130. The summed E-state index contributed by atoms with van der Waals surface area (Å²) < 4.78 is 25.2. The summed E-state index contributed by atoms with van der Waals surface area (Å²) in [4.78, 5) is 0. The largest absolute Gasteiger partial charge is 0.316 e. The highest BCUT2D eigenvalue weighted by atomic mass is 32.2. The van der Waals surface area contributed by atoms with Crippen LogP contribution in [0.15, 0.2) is 0 Å². The van der Waals surface area contributed by atoms with Crippen molar-refractivity contribution < 1.29 is 8.42 Å². The predicted molar refractivity (Wildman–Crippen MR) is 66.8 cm³/mol. The summed E-state index contributed by atoms with van der Waals surface area (Å²) >= 11 is 0. The predicted octanol–water partition coefficient (Wildman–Crippen LogP) is 0.904. The molecule has 1 aliphatic rings. The van der Waals surface area contributed by atoms with E-state index in [4.69, 9.17) is 0 Å². The Morgan fingerprint density at radius 2 is 2.00 bits per heavy atom. The molecule has 0 saturated heterocycles. The van der Waals surface area contributed by atoms with Crippen molar-refractivity contribution in [1.82, 2.24) is 9.62 Å². The third kappa shape index (κ3) is 4.39. The van der Waals surface area contributed by atoms with Crippen LogP contribution in [0.2, 0.25) is 0 Å². The van der Waals surface area contributed by atoms with Gasteiger partial charge in [-0.15, -0.1) is 0 Å². The Kier molecular flexibility index (Phi) is 5.21. The fraction of sp³-hybridized carbons (Fsp3) is 1.00. The Balaban J connectivity index is 2.25. The summed E-state index contributed by atoms with van der Waals surface area (Å²) in [5, 5.41) is 3.12. The Morgan fingerprint density at radius 1 is 1.38 bits per heavy atom. The lowest BCUT2D eigenvalue weighted by molar-refractivity contribution is 0.443. The lowest BCUT2D eigenvalue weighted by atomic mass is 10.3. The van der Waals surface area contributed by atoms with Gasteiger partial charge in [-0.1, -0.05) is 13.8 Å². The van der Waals surface area contributed by atoms with Crippen LogP contribution in [0.3, 0.4) is 0 Å². The zero-order valence-corrected chi connectivity index (χ0v) is 11.4. The molecule has 0 radical (unpaired) electrons. The second-order valence-electron chi connectivity index (χ2n) is 4.82. The first kappa shape index (κ1) is 13.9. The average molecular weight is 248 g/mol. The van der Waals surface area contributed by atoms with Gasteiger partial charge in [0, 0.05) is 20.1 Å². The Labute approximate surface area is 99.5 Å². The highest BCUT2D eigenvalue weighted by Gasteiger charge is 2.35. The van der Waals surface area contributed by atoms with E-state index in [2.05, 4.69) is 19.2 Å². The summed E-state index contributed by atoms with van der Waals surface area (Å²) in [6, 6.07) is 0. The molecule has 0 aliphatic heterocycles. The molecule has 0 spiro atoms. The molecule has 1 saturated carbocycles. The molecule has 2 unspecified atom stereocenters. The summed E-state index contributed by atoms with van der Waals surface area (Å²) in [6.45, 7) is 6.38. The van der Waals surface area contributed by atoms with Gasteiger partial charge in [-0.05, 0) is 31.2 Å². The van der Waals surface area contributed by atoms with Crippen molar-refractivity contribution in [2.45, 2.75) is 26.7 Å². The normalized spacial score (nSPS) is 25.0. The summed E-state index contributed by atoms with van der Waals surface area (Å²) in [5.41, 5.74) is 0. The Morgan fingerprint density at radius 3 is 2.50 bits per heavy atom. The molecule has 16 heavy (non-hydrogen) atoms. The second kappa shape index (κ2) is 5.98. The van der Waals surface area contributed by atoms with E-state index in [1.165, 1.54) is 10.7 Å². The fourth-order valence-corrected chi connectivity index (χ4v) is 2.89. The standard InChI is InChI=1S/C11H24N2O2S/c1-4-5-12-6-7-16(14,15)13(3)9-11-8-10(11)2/h10-12H,4-9H2,1-3H3. The lowest BCUT2D eigenvalue weighted by Crippen LogP contribution is -2.35. The van der Waals surface area contributed by atoms with Crippen molar-refractivity contribution >= 4 is 10.0 Å². The minimum absolute atomic E-state index is 0.213. The van der Waals surface area contributed by atoms with E-state index in [1.54, 1.807) is 7.05 Å². The Bertz CT molecular complexity index is 303. The maximum absolute atomic E-state index is 11.8. The van der Waals surface area contributed by atoms with Crippen LogP contribution in [0.4, 0.5) is 0 Å². The summed E-state index contributed by atoms with van der Waals surface area (Å²) in [7, 11) is -1.35. The molecule has 1 aliphatic carbocycles. The van der Waals surface area contributed by atoms with Gasteiger partial charge in [0.1, 0.15) is 0 Å². The minimum Gasteiger partial charge on any atom is -0.316 e. The zero-order valence-electron chi connectivity index (χ0n) is 10.6. The van der Waals surface area contributed by atoms with Crippen molar-refractivity contribution in [1.29, 1.82) is 0 Å². The van der Waals surface area contributed by atoms with E-state index in [1.807, 2.05) is 0 Å². The van der Waals surface area contributed by atoms with Crippen molar-refractivity contribution in [3.63, 3.8) is 0 Å². The number of hydrogen-bond acceptors (Lipinski definition) is 3. The summed E-state index contributed by atoms with van der Waals surface area (Å²) in [5.74, 6) is 1.50. The van der Waals surface area contributed by atoms with E-state index in [0.29, 0.717) is 24.9 Å². The smallest absolute Gasteiger partial charge is 0.215 e. The van der Waals surface area contributed by atoms with Gasteiger partial charge in [0.25, 0.3) is 0 Å². The first-order valence-corrected chi connectivity index (χ1v) is 7.73. The molecule has 0 aromatic heterocycles. The molecule has 1 rings (SSSR count). The molecular formula is C11H24N2O2S. The van der Waals surface area contributed by atoms with Crippen molar-refractivity contribution in [2.75, 3.05) is 32.4 Å². The van der Waals surface area contributed by atoms with Gasteiger partial charge in [-0.2, -0.15) is 0 Å². The highest BCUT2D eigenvalue weighted by Crippen LogP contribution is 2.38. The van der Waals surface area contributed by atoms with Gasteiger partial charge in [-0.3, -0.25) is 0 Å². The highest BCUT2D eigenvalue weighted by molar-refractivity contribution is 7.89. The second-order valence-corrected chi connectivity index (χ2v) is 7.02. The average Bonchev–Trinajstić information content (AvgIpc) is 2.89. The molecule has 1 N–H and O–H groups in total. The van der Waals surface area contributed by atoms with E-state index in [0.717, 1.165) is 13.0 Å². The number of nitrogens with one attached hydrogen (secondary N) is 1. The molecule has 0 heterocycles. The van der Waals surface area contributed by atoms with Crippen LogP contribution in [0.5, 0.6) is 0 Å². The molecule has 4 nitrogen and oxygen atoms in total. The van der Waals surface area contributed by atoms with E-state index in [9.17, 15) is 8.42 Å². The number of rotatable bonds is 8. The van der Waals surface area contributed by atoms with Crippen LogP contribution in [0.1, 0.15) is 26.7 Å². The van der Waals surface area contributed by atoms with E-state index < -0.39 is 10.0 Å². The minimum atomic E-state index is -3.05. The number of sulfonamides is 1. The summed E-state index contributed by atoms with van der Waals surface area (Å²) in [6.07, 6.45) is 2.21. The number of nitrogens with zero attached hydrogens (tertiary/aromatic N) is 1. The van der Waals surface area contributed by atoms with Gasteiger partial charge < -0.3 is 5.32 Å². The number of hydrogen-bond donors (Lipinski definition) is 1.